The zero-order valence-electron chi connectivity index (χ0n) is 11.4. The minimum atomic E-state index is -0.587. The van der Waals surface area contributed by atoms with Gasteiger partial charge in [-0.3, -0.25) is 0 Å². The molecular weight excluding hydrogens is 268 g/mol. The third kappa shape index (κ3) is 4.56. The number of aliphatic hydroxyl groups excluding tert-OH is 2. The molecule has 0 aromatic heterocycles. The Bertz CT molecular complexity index is 395. The van der Waals surface area contributed by atoms with Crippen molar-refractivity contribution in [2.45, 2.75) is 31.8 Å². The number of hydrogen-bond donors (Lipinski definition) is 2. The lowest BCUT2D eigenvalue weighted by atomic mass is 10.0. The van der Waals surface area contributed by atoms with Crippen molar-refractivity contribution in [3.8, 4) is 11.5 Å². The van der Waals surface area contributed by atoms with E-state index in [0.29, 0.717) is 28.5 Å². The summed E-state index contributed by atoms with van der Waals surface area (Å²) >= 11 is 6.09. The van der Waals surface area contributed by atoms with Crippen molar-refractivity contribution in [3.05, 3.63) is 22.7 Å². The molecule has 1 unspecified atom stereocenters. The number of methoxy groups -OCH3 is 2. The largest absolute Gasteiger partial charge is 0.493 e. The fourth-order valence-corrected chi connectivity index (χ4v) is 2.22. The first-order valence-corrected chi connectivity index (χ1v) is 6.72. The fourth-order valence-electron chi connectivity index (χ4n) is 1.92. The summed E-state index contributed by atoms with van der Waals surface area (Å²) in [5, 5.41) is 19.2. The average Bonchev–Trinajstić information content (AvgIpc) is 2.42. The molecule has 0 fully saturated rings. The van der Waals surface area contributed by atoms with Crippen LogP contribution in [0.15, 0.2) is 12.1 Å². The van der Waals surface area contributed by atoms with Crippen LogP contribution in [-0.4, -0.2) is 31.0 Å². The predicted molar refractivity (Wildman–Crippen MR) is 75.1 cm³/mol. The summed E-state index contributed by atoms with van der Waals surface area (Å²) in [6.07, 6.45) is 2.56. The lowest BCUT2D eigenvalue weighted by molar-refractivity contribution is 0.161. The first-order chi connectivity index (χ1) is 9.13. The summed E-state index contributed by atoms with van der Waals surface area (Å²) in [5.41, 5.74) is 0.714. The van der Waals surface area contributed by atoms with Gasteiger partial charge in [0.2, 0.25) is 0 Å². The Hall–Kier alpha value is -0.970. The van der Waals surface area contributed by atoms with Gasteiger partial charge in [-0.25, -0.2) is 0 Å². The topological polar surface area (TPSA) is 58.9 Å². The molecule has 0 bridgehead atoms. The smallest absolute Gasteiger partial charge is 0.179 e. The minimum absolute atomic E-state index is 0.193. The summed E-state index contributed by atoms with van der Waals surface area (Å²) in [5.74, 6) is 0.986. The lowest BCUT2D eigenvalue weighted by Gasteiger charge is -2.15. The first-order valence-electron chi connectivity index (χ1n) is 6.34. The molecule has 1 aromatic carbocycles. The van der Waals surface area contributed by atoms with Crippen LogP contribution in [0.25, 0.3) is 0 Å². The van der Waals surface area contributed by atoms with Crippen LogP contribution in [0.5, 0.6) is 11.5 Å². The van der Waals surface area contributed by atoms with E-state index < -0.39 is 6.10 Å². The maximum absolute atomic E-state index is 10.1. The van der Waals surface area contributed by atoms with Gasteiger partial charge in [0.05, 0.1) is 25.3 Å². The van der Waals surface area contributed by atoms with Crippen LogP contribution in [0.3, 0.4) is 0 Å². The molecule has 1 atom stereocenters. The molecule has 108 valence electrons. The Morgan fingerprint density at radius 2 is 1.89 bits per heavy atom. The van der Waals surface area contributed by atoms with Crippen molar-refractivity contribution in [3.63, 3.8) is 0 Å². The van der Waals surface area contributed by atoms with Gasteiger partial charge in [-0.15, -0.1) is 0 Å². The summed E-state index contributed by atoms with van der Waals surface area (Å²) in [6, 6.07) is 3.43. The number of rotatable bonds is 8. The lowest BCUT2D eigenvalue weighted by Crippen LogP contribution is -2.00. The van der Waals surface area contributed by atoms with E-state index in [1.165, 1.54) is 14.2 Å². The minimum Gasteiger partial charge on any atom is -0.493 e. The Balaban J connectivity index is 2.74. The van der Waals surface area contributed by atoms with Crippen molar-refractivity contribution in [2.75, 3.05) is 20.8 Å². The highest BCUT2D eigenvalue weighted by Crippen LogP contribution is 2.38. The van der Waals surface area contributed by atoms with Crippen LogP contribution in [0.1, 0.15) is 37.4 Å². The van der Waals surface area contributed by atoms with Gasteiger partial charge in [0, 0.05) is 6.61 Å². The van der Waals surface area contributed by atoms with Gasteiger partial charge in [0.15, 0.2) is 11.5 Å². The number of ether oxygens (including phenoxy) is 2. The Morgan fingerprint density at radius 1 is 1.16 bits per heavy atom. The summed E-state index contributed by atoms with van der Waals surface area (Å²) < 4.78 is 10.3. The molecule has 0 amide bonds. The van der Waals surface area contributed by atoms with Crippen molar-refractivity contribution in [2.24, 2.45) is 0 Å². The van der Waals surface area contributed by atoms with Gasteiger partial charge >= 0.3 is 0 Å². The molecule has 0 saturated carbocycles. The van der Waals surface area contributed by atoms with Gasteiger partial charge in [-0.1, -0.05) is 24.4 Å². The predicted octanol–water partition coefficient (Wildman–Crippen LogP) is 2.94. The molecule has 1 aromatic rings. The third-order valence-electron chi connectivity index (χ3n) is 2.98. The Morgan fingerprint density at radius 3 is 2.47 bits per heavy atom. The summed E-state index contributed by atoms with van der Waals surface area (Å²) in [6.45, 7) is 0.193. The highest BCUT2D eigenvalue weighted by atomic mass is 35.5. The Kier molecular flexibility index (Phi) is 6.99. The molecule has 0 aliphatic carbocycles. The van der Waals surface area contributed by atoms with Crippen molar-refractivity contribution in [1.82, 2.24) is 0 Å². The zero-order chi connectivity index (χ0) is 14.3. The molecule has 0 saturated heterocycles. The van der Waals surface area contributed by atoms with Crippen molar-refractivity contribution < 1.29 is 19.7 Å². The summed E-state index contributed by atoms with van der Waals surface area (Å²) in [7, 11) is 3.06. The van der Waals surface area contributed by atoms with Crippen LogP contribution in [0.2, 0.25) is 5.02 Å². The van der Waals surface area contributed by atoms with Crippen LogP contribution in [-0.2, 0) is 0 Å². The molecule has 1 rings (SSSR count). The molecule has 5 heteroatoms. The maximum atomic E-state index is 10.1. The number of hydrogen-bond acceptors (Lipinski definition) is 4. The number of unbranched alkanes of at least 4 members (excludes halogenated alkanes) is 2. The molecule has 2 N–H and O–H groups in total. The highest BCUT2D eigenvalue weighted by Gasteiger charge is 2.15. The van der Waals surface area contributed by atoms with E-state index >= 15 is 0 Å². The molecular formula is C14H21ClO4. The SMILES string of the molecule is COc1cc(C(O)CCCCCO)cc(Cl)c1OC. The highest BCUT2D eigenvalue weighted by molar-refractivity contribution is 6.32. The average molecular weight is 289 g/mol. The molecule has 0 aliphatic rings. The van der Waals surface area contributed by atoms with Crippen LogP contribution in [0, 0.1) is 0 Å². The van der Waals surface area contributed by atoms with E-state index in [0.717, 1.165) is 19.3 Å². The van der Waals surface area contributed by atoms with Gasteiger partial charge < -0.3 is 19.7 Å². The molecule has 0 heterocycles. The molecule has 0 aliphatic heterocycles. The van der Waals surface area contributed by atoms with Gasteiger partial charge in [-0.05, 0) is 30.5 Å². The molecule has 0 spiro atoms. The van der Waals surface area contributed by atoms with Crippen molar-refractivity contribution >= 4 is 11.6 Å². The second-order valence-electron chi connectivity index (χ2n) is 4.33. The van der Waals surface area contributed by atoms with E-state index in [4.69, 9.17) is 26.2 Å². The molecule has 4 nitrogen and oxygen atoms in total. The number of halogens is 1. The van der Waals surface area contributed by atoms with E-state index in [-0.39, 0.29) is 6.61 Å². The van der Waals surface area contributed by atoms with Crippen LogP contribution in [0.4, 0.5) is 0 Å². The zero-order valence-corrected chi connectivity index (χ0v) is 12.1. The maximum Gasteiger partial charge on any atom is 0.179 e. The fraction of sp³-hybridized carbons (Fsp3) is 0.571. The second kappa shape index (κ2) is 8.25. The third-order valence-corrected chi connectivity index (χ3v) is 3.26. The van der Waals surface area contributed by atoms with Crippen LogP contribution >= 0.6 is 11.6 Å². The van der Waals surface area contributed by atoms with Crippen LogP contribution < -0.4 is 9.47 Å². The monoisotopic (exact) mass is 288 g/mol. The summed E-state index contributed by atoms with van der Waals surface area (Å²) in [4.78, 5) is 0. The van der Waals surface area contributed by atoms with Crippen molar-refractivity contribution in [1.29, 1.82) is 0 Å². The second-order valence-corrected chi connectivity index (χ2v) is 4.73. The quantitative estimate of drug-likeness (QED) is 0.722. The van der Waals surface area contributed by atoms with Gasteiger partial charge in [-0.2, -0.15) is 0 Å². The van der Waals surface area contributed by atoms with E-state index in [2.05, 4.69) is 0 Å². The molecule has 19 heavy (non-hydrogen) atoms. The van der Waals surface area contributed by atoms with E-state index in [9.17, 15) is 5.11 Å². The normalized spacial score (nSPS) is 12.3. The van der Waals surface area contributed by atoms with Gasteiger partial charge in [0.25, 0.3) is 0 Å². The number of aliphatic hydroxyl groups is 2. The standard InChI is InChI=1S/C14H21ClO4/c1-18-13-9-10(8-11(15)14(13)19-2)12(17)6-4-3-5-7-16/h8-9,12,16-17H,3-7H2,1-2H3. The van der Waals surface area contributed by atoms with Gasteiger partial charge in [0.1, 0.15) is 0 Å². The molecule has 0 radical (unpaired) electrons. The first kappa shape index (κ1) is 16.1. The van der Waals surface area contributed by atoms with E-state index in [1.807, 2.05) is 0 Å². The number of benzene rings is 1. The van der Waals surface area contributed by atoms with E-state index in [1.54, 1.807) is 12.1 Å². The Labute approximate surface area is 118 Å².